The largest absolute Gasteiger partial charge is 0.462 e. The van der Waals surface area contributed by atoms with Gasteiger partial charge in [0, 0.05) is 25.7 Å². The molecule has 0 radical (unpaired) electrons. The van der Waals surface area contributed by atoms with Crippen LogP contribution in [0.25, 0.3) is 0 Å². The van der Waals surface area contributed by atoms with Crippen molar-refractivity contribution in [3.05, 3.63) is 23.3 Å². The molecule has 8 aliphatic rings. The van der Waals surface area contributed by atoms with E-state index >= 15 is 0 Å². The predicted octanol–water partition coefficient (Wildman–Crippen LogP) is 16.1. The van der Waals surface area contributed by atoms with Gasteiger partial charge in [0.15, 0.2) is 0 Å². The number of carbonyl (C=O) groups excluding carboxylic acids is 2. The second-order valence-electron chi connectivity index (χ2n) is 26.1. The Morgan fingerprint density at radius 3 is 1.33 bits per heavy atom. The third-order valence-corrected chi connectivity index (χ3v) is 21.9. The van der Waals surface area contributed by atoms with Gasteiger partial charge in [0.25, 0.3) is 0 Å². The Morgan fingerprint density at radius 1 is 0.524 bits per heavy atom. The van der Waals surface area contributed by atoms with E-state index in [9.17, 15) is 9.59 Å². The normalized spacial score (nSPS) is 42.7. The van der Waals surface area contributed by atoms with E-state index in [0.717, 1.165) is 110 Å². The van der Waals surface area contributed by atoms with Crippen molar-refractivity contribution in [2.45, 2.75) is 242 Å². The Bertz CT molecular complexity index is 1550. The lowest BCUT2D eigenvalue weighted by Crippen LogP contribution is -2.51. The van der Waals surface area contributed by atoms with Crippen molar-refractivity contribution in [2.24, 2.45) is 92.7 Å². The highest BCUT2D eigenvalue weighted by Gasteiger charge is 2.61. The molecule has 0 spiro atoms. The molecule has 0 aromatic carbocycles. The van der Waals surface area contributed by atoms with E-state index in [4.69, 9.17) is 9.47 Å². The first-order chi connectivity index (χ1) is 30.0. The van der Waals surface area contributed by atoms with Gasteiger partial charge in [0.1, 0.15) is 12.2 Å². The van der Waals surface area contributed by atoms with Gasteiger partial charge in [0.05, 0.1) is 0 Å². The summed E-state index contributed by atoms with van der Waals surface area (Å²) in [5, 5.41) is 0. The minimum Gasteiger partial charge on any atom is -0.462 e. The molecule has 0 amide bonds. The van der Waals surface area contributed by atoms with Gasteiger partial charge in [-0.25, -0.2) is 0 Å². The Labute approximate surface area is 387 Å². The fourth-order valence-corrected chi connectivity index (χ4v) is 18.4. The van der Waals surface area contributed by atoms with E-state index in [1.165, 1.54) is 103 Å². The summed E-state index contributed by atoms with van der Waals surface area (Å²) in [5.41, 5.74) is 4.69. The highest BCUT2D eigenvalue weighted by atomic mass is 16.5. The zero-order valence-corrected chi connectivity index (χ0v) is 42.5. The van der Waals surface area contributed by atoms with E-state index in [1.54, 1.807) is 11.1 Å². The number of hydrogen-bond donors (Lipinski definition) is 0. The minimum atomic E-state index is -0.133. The molecule has 0 saturated heterocycles. The molecule has 63 heavy (non-hydrogen) atoms. The maximum atomic E-state index is 13.2. The zero-order valence-electron chi connectivity index (χ0n) is 42.5. The zero-order chi connectivity index (χ0) is 44.9. The summed E-state index contributed by atoms with van der Waals surface area (Å²) in [6, 6.07) is 0. The maximum absolute atomic E-state index is 13.2. The lowest BCUT2D eigenvalue weighted by atomic mass is 9.47. The van der Waals surface area contributed by atoms with Crippen molar-refractivity contribution in [3.63, 3.8) is 0 Å². The molecule has 4 nitrogen and oxygen atoms in total. The van der Waals surface area contributed by atoms with Crippen LogP contribution in [0.5, 0.6) is 0 Å². The van der Waals surface area contributed by atoms with Gasteiger partial charge >= 0.3 is 11.9 Å². The maximum Gasteiger partial charge on any atom is 0.306 e. The van der Waals surface area contributed by atoms with Gasteiger partial charge in [-0.2, -0.15) is 0 Å². The number of carbonyl (C=O) groups is 2. The molecule has 6 saturated carbocycles. The van der Waals surface area contributed by atoms with Crippen LogP contribution in [0.15, 0.2) is 23.3 Å². The van der Waals surface area contributed by atoms with Crippen LogP contribution < -0.4 is 0 Å². The van der Waals surface area contributed by atoms with E-state index in [-0.39, 0.29) is 35.0 Å². The summed E-state index contributed by atoms with van der Waals surface area (Å²) in [6.07, 6.45) is 34.4. The summed E-state index contributed by atoms with van der Waals surface area (Å²) in [5.74, 6) is 9.78. The molecule has 0 unspecified atom stereocenters. The van der Waals surface area contributed by atoms with Crippen molar-refractivity contribution >= 4 is 11.9 Å². The first-order valence-corrected chi connectivity index (χ1v) is 27.7. The van der Waals surface area contributed by atoms with Gasteiger partial charge in [-0.3, -0.25) is 9.59 Å². The quantitative estimate of drug-likeness (QED) is 0.115. The fraction of sp³-hybridized carbons (Fsp3) is 0.898. The third-order valence-electron chi connectivity index (χ3n) is 21.9. The number of esters is 2. The summed E-state index contributed by atoms with van der Waals surface area (Å²) >= 11 is 0. The van der Waals surface area contributed by atoms with E-state index < -0.39 is 0 Å². The Morgan fingerprint density at radius 2 is 0.937 bits per heavy atom. The van der Waals surface area contributed by atoms with Crippen molar-refractivity contribution in [1.82, 2.24) is 0 Å². The van der Waals surface area contributed by atoms with Crippen molar-refractivity contribution in [1.29, 1.82) is 0 Å². The molecule has 4 heteroatoms. The number of allylic oxidation sites excluding steroid dienone is 2. The lowest BCUT2D eigenvalue weighted by Gasteiger charge is -2.58. The topological polar surface area (TPSA) is 52.6 Å². The standard InChI is InChI=1S/C59H96O4/c1-38(2)14-11-16-40(5)48-24-26-50-46-22-20-42-36-44(28-32-56(42,7)52(46)30-34-58(48,50)9)62-54(60)18-13-19-55(61)63-45-29-33-57(8)43(37-45)21-23-47-51-27-25-49(41(6)17-12-15-39(3)4)59(51,10)35-31-53(47)57/h20-21,38-41,44-53H,11-19,22-37H2,1-10H3/t40-,41-,44+,45+,46-,47+,48+,49-,50-,51+,52-,53-,56+,57-,58-,59+/m1/s1. The first kappa shape index (κ1) is 47.9. The van der Waals surface area contributed by atoms with Gasteiger partial charge in [-0.05, 0) is 189 Å². The smallest absolute Gasteiger partial charge is 0.306 e. The molecular formula is C59H96O4. The number of rotatable bonds is 16. The molecule has 356 valence electrons. The van der Waals surface area contributed by atoms with Crippen LogP contribution in [0.2, 0.25) is 0 Å². The van der Waals surface area contributed by atoms with Crippen LogP contribution in [-0.4, -0.2) is 24.1 Å². The van der Waals surface area contributed by atoms with Crippen LogP contribution in [0.4, 0.5) is 0 Å². The molecule has 8 rings (SSSR count). The van der Waals surface area contributed by atoms with Crippen LogP contribution in [-0.2, 0) is 19.1 Å². The monoisotopic (exact) mass is 869 g/mol. The first-order valence-electron chi connectivity index (χ1n) is 27.7. The van der Waals surface area contributed by atoms with Crippen LogP contribution in [0.1, 0.15) is 230 Å². The Hall–Kier alpha value is -1.58. The summed E-state index contributed by atoms with van der Waals surface area (Å²) in [6.45, 7) is 25.2. The second-order valence-corrected chi connectivity index (χ2v) is 26.1. The molecule has 8 aliphatic carbocycles. The van der Waals surface area contributed by atoms with Crippen molar-refractivity contribution < 1.29 is 19.1 Å². The van der Waals surface area contributed by atoms with Gasteiger partial charge in [0.2, 0.25) is 0 Å². The lowest BCUT2D eigenvalue weighted by molar-refractivity contribution is -0.153. The number of hydrogen-bond acceptors (Lipinski definition) is 4. The SMILES string of the molecule is CC(C)CCC[C@@H](C)[C@H]1CC[C@H]2[C@@H]3CC=C4C[C@@H](OC(=O)CCCC(=O)O[C@H]5CC[C@@]6(C)C(=CC[C@@H]7[C@H]8CC[C@@H]([C@H](C)CCCC(C)C)[C@@]8(C)CC[C@H]76)C5)CC[C@@]4(C)[C@@H]3CC[C@@]12C. The molecule has 0 N–H and O–H groups in total. The molecule has 16 atom stereocenters. The molecule has 0 aromatic heterocycles. The summed E-state index contributed by atoms with van der Waals surface area (Å²) in [7, 11) is 0. The predicted molar refractivity (Wildman–Crippen MR) is 260 cm³/mol. The highest BCUT2D eigenvalue weighted by molar-refractivity contribution is 5.72. The van der Waals surface area contributed by atoms with E-state index in [0.29, 0.717) is 30.1 Å². The second kappa shape index (κ2) is 19.2. The van der Waals surface area contributed by atoms with Crippen LogP contribution >= 0.6 is 0 Å². The molecule has 0 heterocycles. The average Bonchev–Trinajstić information content (AvgIpc) is 3.77. The molecule has 0 aromatic rings. The fourth-order valence-electron chi connectivity index (χ4n) is 18.4. The van der Waals surface area contributed by atoms with Crippen LogP contribution in [0.3, 0.4) is 0 Å². The molecular weight excluding hydrogens is 773 g/mol. The third kappa shape index (κ3) is 9.36. The van der Waals surface area contributed by atoms with Gasteiger partial charge < -0.3 is 9.47 Å². The van der Waals surface area contributed by atoms with E-state index in [1.807, 2.05) is 0 Å². The molecule has 0 aliphatic heterocycles. The molecule has 0 bridgehead atoms. The summed E-state index contributed by atoms with van der Waals surface area (Å²) in [4.78, 5) is 26.4. The number of fused-ring (bicyclic) bond motifs is 10. The Balaban J connectivity index is 0.767. The molecule has 6 fully saturated rings. The van der Waals surface area contributed by atoms with Crippen LogP contribution in [0, 0.1) is 92.7 Å². The number of ether oxygens (including phenoxy) is 2. The van der Waals surface area contributed by atoms with Crippen molar-refractivity contribution in [2.75, 3.05) is 0 Å². The van der Waals surface area contributed by atoms with E-state index in [2.05, 4.69) is 81.4 Å². The average molecular weight is 869 g/mol. The van der Waals surface area contributed by atoms with Gasteiger partial charge in [-0.1, -0.05) is 131 Å². The highest BCUT2D eigenvalue weighted by Crippen LogP contribution is 2.69. The van der Waals surface area contributed by atoms with Crippen molar-refractivity contribution in [3.8, 4) is 0 Å². The Kier molecular flexibility index (Phi) is 14.6. The summed E-state index contributed by atoms with van der Waals surface area (Å²) < 4.78 is 12.3. The van der Waals surface area contributed by atoms with Gasteiger partial charge in [-0.15, -0.1) is 0 Å². The minimum absolute atomic E-state index is 0.0206.